The lowest BCUT2D eigenvalue weighted by atomic mass is 9.70. The van der Waals surface area contributed by atoms with E-state index in [1.165, 1.54) is 38.5 Å². The molecule has 2 rings (SSSR count). The van der Waals surface area contributed by atoms with E-state index in [1.54, 1.807) is 13.0 Å². The number of hydrogen-bond donors (Lipinski definition) is 0. The SMILES string of the molecule is CCCC1CCC(C2CC=C(C(F)(F)C(=O)OCC)CC2)CC1. The van der Waals surface area contributed by atoms with Crippen LogP contribution in [0.5, 0.6) is 0 Å². The Bertz CT molecular complexity index is 423. The first-order valence-electron chi connectivity index (χ1n) is 9.23. The lowest BCUT2D eigenvalue weighted by molar-refractivity contribution is -0.166. The van der Waals surface area contributed by atoms with E-state index in [1.807, 2.05) is 0 Å². The maximum absolute atomic E-state index is 14.1. The summed E-state index contributed by atoms with van der Waals surface area (Å²) in [5, 5.41) is 0. The molecule has 1 atom stereocenters. The zero-order valence-corrected chi connectivity index (χ0v) is 14.5. The highest BCUT2D eigenvalue weighted by Crippen LogP contribution is 2.43. The zero-order chi connectivity index (χ0) is 16.9. The van der Waals surface area contributed by atoms with E-state index < -0.39 is 11.9 Å². The smallest absolute Gasteiger partial charge is 0.381 e. The predicted molar refractivity (Wildman–Crippen MR) is 87.4 cm³/mol. The molecule has 0 saturated heterocycles. The molecule has 2 aliphatic carbocycles. The Labute approximate surface area is 138 Å². The molecule has 0 aromatic rings. The van der Waals surface area contributed by atoms with E-state index in [9.17, 15) is 13.6 Å². The van der Waals surface area contributed by atoms with Gasteiger partial charge in [0.2, 0.25) is 0 Å². The lowest BCUT2D eigenvalue weighted by Gasteiger charge is -2.36. The van der Waals surface area contributed by atoms with E-state index >= 15 is 0 Å². The summed E-state index contributed by atoms with van der Waals surface area (Å²) in [5.74, 6) is -2.78. The van der Waals surface area contributed by atoms with Crippen LogP contribution >= 0.6 is 0 Å². The molecule has 0 aliphatic heterocycles. The number of carbonyl (C=O) groups excluding carboxylic acids is 1. The Kier molecular flexibility index (Phi) is 6.60. The minimum Gasteiger partial charge on any atom is -0.461 e. The van der Waals surface area contributed by atoms with Crippen LogP contribution in [0, 0.1) is 17.8 Å². The van der Waals surface area contributed by atoms with Crippen LogP contribution in [0.15, 0.2) is 11.6 Å². The van der Waals surface area contributed by atoms with Crippen molar-refractivity contribution in [1.29, 1.82) is 0 Å². The van der Waals surface area contributed by atoms with Crippen molar-refractivity contribution in [2.75, 3.05) is 6.61 Å². The second-order valence-corrected chi connectivity index (χ2v) is 7.13. The zero-order valence-electron chi connectivity index (χ0n) is 14.5. The maximum Gasteiger partial charge on any atom is 0.381 e. The number of rotatable bonds is 6. The fourth-order valence-corrected chi connectivity index (χ4v) is 4.28. The quantitative estimate of drug-likeness (QED) is 0.474. The number of ether oxygens (including phenoxy) is 1. The summed E-state index contributed by atoms with van der Waals surface area (Å²) in [4.78, 5) is 11.4. The van der Waals surface area contributed by atoms with Crippen LogP contribution in [-0.2, 0) is 9.53 Å². The highest BCUT2D eigenvalue weighted by atomic mass is 19.3. The summed E-state index contributed by atoms with van der Waals surface area (Å²) in [6.07, 6.45) is 11.1. The van der Waals surface area contributed by atoms with Crippen molar-refractivity contribution in [3.05, 3.63) is 11.6 Å². The number of halogens is 2. The van der Waals surface area contributed by atoms with Crippen molar-refractivity contribution in [3.63, 3.8) is 0 Å². The molecule has 0 aromatic carbocycles. The molecule has 1 fully saturated rings. The van der Waals surface area contributed by atoms with Gasteiger partial charge in [-0.3, -0.25) is 0 Å². The van der Waals surface area contributed by atoms with E-state index in [0.29, 0.717) is 24.7 Å². The van der Waals surface area contributed by atoms with Gasteiger partial charge < -0.3 is 4.74 Å². The first-order chi connectivity index (χ1) is 11.0. The molecule has 1 saturated carbocycles. The average molecular weight is 328 g/mol. The third-order valence-corrected chi connectivity index (χ3v) is 5.64. The Balaban J connectivity index is 1.87. The Morgan fingerprint density at radius 1 is 1.17 bits per heavy atom. The number of carbonyl (C=O) groups is 1. The number of alkyl halides is 2. The monoisotopic (exact) mass is 328 g/mol. The van der Waals surface area contributed by atoms with Gasteiger partial charge in [0.15, 0.2) is 0 Å². The summed E-state index contributed by atoms with van der Waals surface area (Å²) in [6.45, 7) is 3.78. The molecule has 0 spiro atoms. The van der Waals surface area contributed by atoms with Gasteiger partial charge in [0, 0.05) is 5.57 Å². The largest absolute Gasteiger partial charge is 0.461 e. The normalized spacial score (nSPS) is 29.0. The molecule has 2 nitrogen and oxygen atoms in total. The molecule has 4 heteroatoms. The van der Waals surface area contributed by atoms with Gasteiger partial charge in [-0.25, -0.2) is 4.79 Å². The van der Waals surface area contributed by atoms with E-state index in [-0.39, 0.29) is 12.2 Å². The van der Waals surface area contributed by atoms with Crippen LogP contribution in [0.3, 0.4) is 0 Å². The minimum atomic E-state index is -3.44. The van der Waals surface area contributed by atoms with Gasteiger partial charge in [0.1, 0.15) is 0 Å². The molecule has 132 valence electrons. The predicted octanol–water partition coefficient (Wildman–Crippen LogP) is 5.52. The highest BCUT2D eigenvalue weighted by Gasteiger charge is 2.45. The molecule has 23 heavy (non-hydrogen) atoms. The molecule has 0 heterocycles. The van der Waals surface area contributed by atoms with Gasteiger partial charge in [0.25, 0.3) is 0 Å². The van der Waals surface area contributed by atoms with Crippen molar-refractivity contribution in [1.82, 2.24) is 0 Å². The second kappa shape index (κ2) is 8.25. The first-order valence-corrected chi connectivity index (χ1v) is 9.23. The van der Waals surface area contributed by atoms with Crippen LogP contribution in [0.2, 0.25) is 0 Å². The van der Waals surface area contributed by atoms with Crippen molar-refractivity contribution < 1.29 is 18.3 Å². The molecule has 2 aliphatic rings. The number of esters is 1. The van der Waals surface area contributed by atoms with Gasteiger partial charge in [-0.05, 0) is 56.8 Å². The molecular weight excluding hydrogens is 298 g/mol. The fourth-order valence-electron chi connectivity index (χ4n) is 4.28. The minimum absolute atomic E-state index is 0.00860. The van der Waals surface area contributed by atoms with Gasteiger partial charge in [-0.2, -0.15) is 8.78 Å². The lowest BCUT2D eigenvalue weighted by Crippen LogP contribution is -2.35. The van der Waals surface area contributed by atoms with Crippen LogP contribution in [0.1, 0.15) is 71.6 Å². The van der Waals surface area contributed by atoms with Gasteiger partial charge in [-0.1, -0.05) is 38.7 Å². The molecule has 0 bridgehead atoms. The Hall–Kier alpha value is -0.930. The average Bonchev–Trinajstić information content (AvgIpc) is 2.56. The summed E-state index contributed by atoms with van der Waals surface area (Å²) in [5.41, 5.74) is -0.0353. The van der Waals surface area contributed by atoms with E-state index in [4.69, 9.17) is 0 Å². The van der Waals surface area contributed by atoms with Crippen LogP contribution in [0.25, 0.3) is 0 Å². The second-order valence-electron chi connectivity index (χ2n) is 7.13. The topological polar surface area (TPSA) is 26.3 Å². The molecule has 0 radical (unpaired) electrons. The van der Waals surface area contributed by atoms with Crippen molar-refractivity contribution in [2.45, 2.75) is 77.6 Å². The Morgan fingerprint density at radius 2 is 1.87 bits per heavy atom. The van der Waals surface area contributed by atoms with Gasteiger partial charge in [-0.15, -0.1) is 0 Å². The third kappa shape index (κ3) is 4.54. The van der Waals surface area contributed by atoms with Crippen molar-refractivity contribution >= 4 is 5.97 Å². The molecule has 1 unspecified atom stereocenters. The van der Waals surface area contributed by atoms with Crippen molar-refractivity contribution in [2.24, 2.45) is 17.8 Å². The Morgan fingerprint density at radius 3 is 2.39 bits per heavy atom. The number of allylic oxidation sites excluding steroid dienone is 1. The molecule has 0 aromatic heterocycles. The van der Waals surface area contributed by atoms with Crippen molar-refractivity contribution in [3.8, 4) is 0 Å². The van der Waals surface area contributed by atoms with Crippen LogP contribution in [0.4, 0.5) is 8.78 Å². The summed E-state index contributed by atoms with van der Waals surface area (Å²) in [6, 6.07) is 0. The standard InChI is InChI=1S/C19H30F2O2/c1-3-5-14-6-8-15(9-7-14)16-10-12-17(13-11-16)19(20,21)18(22)23-4-2/h12,14-16H,3-11,13H2,1-2H3. The van der Waals surface area contributed by atoms with E-state index in [2.05, 4.69) is 11.7 Å². The summed E-state index contributed by atoms with van der Waals surface area (Å²) in [7, 11) is 0. The number of hydrogen-bond acceptors (Lipinski definition) is 2. The fraction of sp³-hybridized carbons (Fsp3) is 0.842. The molecule has 0 amide bonds. The highest BCUT2D eigenvalue weighted by molar-refractivity contribution is 5.81. The van der Waals surface area contributed by atoms with Crippen LogP contribution < -0.4 is 0 Å². The molecular formula is C19H30F2O2. The van der Waals surface area contributed by atoms with Gasteiger partial charge >= 0.3 is 11.9 Å². The van der Waals surface area contributed by atoms with Crippen LogP contribution in [-0.4, -0.2) is 18.5 Å². The summed E-state index contributed by atoms with van der Waals surface area (Å²) >= 11 is 0. The summed E-state index contributed by atoms with van der Waals surface area (Å²) < 4.78 is 32.6. The maximum atomic E-state index is 14.1. The molecule has 0 N–H and O–H groups in total. The van der Waals surface area contributed by atoms with E-state index in [0.717, 1.165) is 12.3 Å². The third-order valence-electron chi connectivity index (χ3n) is 5.64. The first kappa shape index (κ1) is 18.4. The van der Waals surface area contributed by atoms with Gasteiger partial charge in [0.05, 0.1) is 6.61 Å².